The normalized spacial score (nSPS) is 13.8. The van der Waals surface area contributed by atoms with Gasteiger partial charge in [0.15, 0.2) is 0 Å². The number of nitrogens with zero attached hydrogens (tertiary/aromatic N) is 11. The quantitative estimate of drug-likeness (QED) is 0.240. The van der Waals surface area contributed by atoms with Crippen molar-refractivity contribution in [2.24, 2.45) is 0 Å². The van der Waals surface area contributed by atoms with Crippen molar-refractivity contribution >= 4 is 11.3 Å². The van der Waals surface area contributed by atoms with Crippen molar-refractivity contribution in [3.63, 3.8) is 0 Å². The summed E-state index contributed by atoms with van der Waals surface area (Å²) >= 11 is 0. The van der Waals surface area contributed by atoms with Crippen LogP contribution in [0.3, 0.4) is 0 Å². The number of aromatic nitrogens is 12. The number of tetrazole rings is 2. The average molecular weight is 501 g/mol. The van der Waals surface area contributed by atoms with E-state index in [4.69, 9.17) is 8.22 Å². The first-order valence-electron chi connectivity index (χ1n) is 12.4. The van der Waals surface area contributed by atoms with Gasteiger partial charge in [0.05, 0.1) is 5.56 Å². The summed E-state index contributed by atoms with van der Waals surface area (Å²) in [7, 11) is 0. The van der Waals surface area contributed by atoms with Crippen LogP contribution in [-0.2, 0) is 0 Å². The Morgan fingerprint density at radius 1 is 0.914 bits per heavy atom. The van der Waals surface area contributed by atoms with E-state index in [0.29, 0.717) is 0 Å². The predicted octanol–water partition coefficient (Wildman–Crippen LogP) is -3.00. The molecule has 6 heterocycles. The summed E-state index contributed by atoms with van der Waals surface area (Å²) in [5.74, 6) is 0.160. The molecule has 15 heteroatoms. The van der Waals surface area contributed by atoms with Gasteiger partial charge in [-0.1, -0.05) is 12.1 Å². The molecular formula is C20H15KN12O2. The molecule has 168 valence electrons. The van der Waals surface area contributed by atoms with Crippen molar-refractivity contribution in [1.82, 2.24) is 60.0 Å². The van der Waals surface area contributed by atoms with Crippen LogP contribution < -0.4 is 67.6 Å². The molecule has 1 N–H and O–H groups in total. The number of hydrogen-bond acceptors (Lipinski definition) is 10. The van der Waals surface area contributed by atoms with Crippen LogP contribution >= 0.6 is 0 Å². The summed E-state index contributed by atoms with van der Waals surface area (Å²) in [6.45, 7) is -4.70. The zero-order valence-electron chi connectivity index (χ0n) is 23.9. The summed E-state index contributed by atoms with van der Waals surface area (Å²) in [6.07, 6.45) is 5.36. The summed E-state index contributed by atoms with van der Waals surface area (Å²) in [6, 6.07) is 5.79. The molecule has 0 amide bonds. The van der Waals surface area contributed by atoms with Gasteiger partial charge in [-0.2, -0.15) is 10.4 Å². The van der Waals surface area contributed by atoms with Crippen LogP contribution in [0.5, 0.6) is 0 Å². The number of nitrogens with one attached hydrogen (secondary N) is 1. The summed E-state index contributed by atoms with van der Waals surface area (Å²) in [5, 5.41) is 26.8. The van der Waals surface area contributed by atoms with Crippen LogP contribution in [0.25, 0.3) is 34.1 Å². The molecule has 0 fully saturated rings. The fraction of sp³-hybridized carbons (Fsp3) is 0.100. The first kappa shape index (κ1) is 17.9. The summed E-state index contributed by atoms with van der Waals surface area (Å²) in [4.78, 5) is 32.7. The van der Waals surface area contributed by atoms with Crippen LogP contribution in [0.2, 0.25) is 0 Å². The molecule has 6 aromatic rings. The third-order valence-electron chi connectivity index (χ3n) is 4.61. The van der Waals surface area contributed by atoms with Gasteiger partial charge in [-0.15, -0.1) is 10.2 Å². The first-order chi connectivity index (χ1) is 19.0. The molecule has 6 rings (SSSR count). The maximum Gasteiger partial charge on any atom is 1.00 e. The number of H-pyrrole nitrogens is 1. The number of rotatable bonds is 2. The number of aromatic amines is 1. The topological polar surface area (TPSA) is 176 Å². The molecule has 35 heavy (non-hydrogen) atoms. The largest absolute Gasteiger partial charge is 1.00 e. The number of hydrogen-bond donors (Lipinski definition) is 1. The van der Waals surface area contributed by atoms with Gasteiger partial charge in [0, 0.05) is 38.8 Å². The zero-order valence-corrected chi connectivity index (χ0v) is 21.0. The van der Waals surface area contributed by atoms with Crippen LogP contribution in [0.1, 0.15) is 19.4 Å². The Kier molecular flexibility index (Phi) is 5.31. The van der Waals surface area contributed by atoms with Gasteiger partial charge in [0.25, 0.3) is 11.1 Å². The minimum Gasteiger partial charge on any atom is -0.330 e. The second-order valence-electron chi connectivity index (χ2n) is 6.62. The minimum absolute atomic E-state index is 0. The van der Waals surface area contributed by atoms with E-state index in [2.05, 4.69) is 51.2 Å². The van der Waals surface area contributed by atoms with E-state index in [1.54, 1.807) is 0 Å². The van der Waals surface area contributed by atoms with Crippen molar-refractivity contribution in [2.45, 2.75) is 13.7 Å². The standard InChI is InChI=1S/C10H8N6O.C10H7N6O.K/c2*1-6-3-2-4-16-9(6)11-5-7(10(16)17)8-12-14-15-13-8;/h2-5H,1H3,(H,12,13,14,15);2-5H,1H3;/q;-1;+1/i2*1D3;. The Morgan fingerprint density at radius 3 is 2.09 bits per heavy atom. The van der Waals surface area contributed by atoms with E-state index in [9.17, 15) is 9.59 Å². The molecule has 0 atom stereocenters. The first-order valence-corrected chi connectivity index (χ1v) is 9.41. The molecule has 0 spiro atoms. The van der Waals surface area contributed by atoms with Gasteiger partial charge < -0.3 is 5.10 Å². The van der Waals surface area contributed by atoms with Gasteiger partial charge in [-0.05, 0) is 42.2 Å². The smallest absolute Gasteiger partial charge is 0.330 e. The fourth-order valence-corrected chi connectivity index (χ4v) is 3.05. The van der Waals surface area contributed by atoms with Crippen molar-refractivity contribution < 1.29 is 59.6 Å². The predicted molar refractivity (Wildman–Crippen MR) is 118 cm³/mol. The zero-order chi connectivity index (χ0) is 28.7. The maximum absolute atomic E-state index is 12.3. The molecule has 0 saturated heterocycles. The van der Waals surface area contributed by atoms with Crippen molar-refractivity contribution in [2.75, 3.05) is 0 Å². The third-order valence-corrected chi connectivity index (χ3v) is 4.61. The van der Waals surface area contributed by atoms with Crippen molar-refractivity contribution in [3.05, 3.63) is 80.9 Å². The molecule has 0 aromatic carbocycles. The van der Waals surface area contributed by atoms with Gasteiger partial charge in [0.2, 0.25) is 5.82 Å². The monoisotopic (exact) mass is 500 g/mol. The second-order valence-corrected chi connectivity index (χ2v) is 6.62. The molecular weight excluding hydrogens is 479 g/mol. The Hall–Kier alpha value is -3.50. The van der Waals surface area contributed by atoms with Crippen LogP contribution in [-0.4, -0.2) is 54.9 Å². The second kappa shape index (κ2) is 10.4. The Bertz CT molecular complexity index is 1790. The van der Waals surface area contributed by atoms with Gasteiger partial charge in [0.1, 0.15) is 16.9 Å². The van der Waals surface area contributed by atoms with E-state index >= 15 is 0 Å². The van der Waals surface area contributed by atoms with Crippen molar-refractivity contribution in [3.8, 4) is 22.8 Å². The number of pyridine rings is 2. The van der Waals surface area contributed by atoms with E-state index < -0.39 is 24.8 Å². The molecule has 0 aliphatic rings. The van der Waals surface area contributed by atoms with Crippen LogP contribution in [0.4, 0.5) is 0 Å². The molecule has 0 aliphatic carbocycles. The van der Waals surface area contributed by atoms with E-state index in [1.165, 1.54) is 49.1 Å². The Balaban J connectivity index is 0.000000184. The third kappa shape index (κ3) is 4.71. The van der Waals surface area contributed by atoms with Gasteiger partial charge >= 0.3 is 51.4 Å². The van der Waals surface area contributed by atoms with Gasteiger partial charge in [-0.3, -0.25) is 28.7 Å². The van der Waals surface area contributed by atoms with Crippen molar-refractivity contribution in [1.29, 1.82) is 0 Å². The number of fused-ring (bicyclic) bond motifs is 2. The van der Waals surface area contributed by atoms with E-state index in [-0.39, 0.29) is 96.6 Å². The average Bonchev–Trinajstić information content (AvgIpc) is 3.63. The van der Waals surface area contributed by atoms with Crippen LogP contribution in [0.15, 0.2) is 58.6 Å². The Morgan fingerprint density at radius 2 is 1.54 bits per heavy atom. The van der Waals surface area contributed by atoms with E-state index in [1.807, 2.05) is 0 Å². The number of aryl methyl sites for hydroxylation is 2. The molecule has 6 aromatic heterocycles. The molecule has 0 unspecified atom stereocenters. The maximum atomic E-state index is 12.3. The SMILES string of the molecule is [2H]C([2H])([2H])c1cccn2c(=O)c(-c3nn[nH]n3)cnc12.[2H]C([2H])([2H])c1cccn2c(=O)c(-c3nnn[n-]3)cnc12.[K+]. The summed E-state index contributed by atoms with van der Waals surface area (Å²) in [5.41, 5.74) is -0.508. The molecule has 14 nitrogen and oxygen atoms in total. The van der Waals surface area contributed by atoms with Crippen LogP contribution in [0, 0.1) is 13.7 Å². The Labute approximate surface area is 246 Å². The molecule has 0 bridgehead atoms. The molecule has 0 aliphatic heterocycles. The fourth-order valence-electron chi connectivity index (χ4n) is 3.05. The summed E-state index contributed by atoms with van der Waals surface area (Å²) < 4.78 is 47.0. The molecule has 0 saturated carbocycles. The molecule has 0 radical (unpaired) electrons. The minimum atomic E-state index is -2.35. The van der Waals surface area contributed by atoms with Gasteiger partial charge in [-0.25, -0.2) is 9.97 Å². The van der Waals surface area contributed by atoms with E-state index in [0.717, 1.165) is 8.80 Å².